The molecule has 140 valence electrons. The summed E-state index contributed by atoms with van der Waals surface area (Å²) >= 11 is 0. The molecule has 0 bridgehead atoms. The van der Waals surface area contributed by atoms with Crippen molar-refractivity contribution in [2.24, 2.45) is 0 Å². The highest BCUT2D eigenvalue weighted by Crippen LogP contribution is 2.22. The Balaban J connectivity index is 2.02. The van der Waals surface area contributed by atoms with Gasteiger partial charge in [-0.05, 0) is 37.7 Å². The molecule has 0 radical (unpaired) electrons. The molecule has 1 atom stereocenters. The molecular weight excluding hydrogens is 342 g/mol. The second-order valence-electron chi connectivity index (χ2n) is 6.37. The number of rotatable bonds is 6. The molecule has 1 aliphatic heterocycles. The van der Waals surface area contributed by atoms with Crippen LogP contribution in [0.4, 0.5) is 5.69 Å². The van der Waals surface area contributed by atoms with Crippen LogP contribution in [0.25, 0.3) is 0 Å². The van der Waals surface area contributed by atoms with Gasteiger partial charge in [-0.2, -0.15) is 0 Å². The summed E-state index contributed by atoms with van der Waals surface area (Å²) in [6.07, 6.45) is 1.21. The van der Waals surface area contributed by atoms with Gasteiger partial charge >= 0.3 is 0 Å². The molecule has 0 aliphatic carbocycles. The lowest BCUT2D eigenvalue weighted by Crippen LogP contribution is -2.51. The Morgan fingerprint density at radius 3 is 2.24 bits per heavy atom. The van der Waals surface area contributed by atoms with Crippen molar-refractivity contribution in [1.29, 1.82) is 0 Å². The summed E-state index contributed by atoms with van der Waals surface area (Å²) in [5, 5.41) is 0. The van der Waals surface area contributed by atoms with Crippen molar-refractivity contribution in [3.63, 3.8) is 0 Å². The molecule has 0 spiro atoms. The molecule has 1 fully saturated rings. The highest BCUT2D eigenvalue weighted by Gasteiger charge is 2.27. The fraction of sp³-hybridized carbons (Fsp3) is 0.588. The van der Waals surface area contributed by atoms with E-state index in [2.05, 4.69) is 4.90 Å². The average molecular weight is 369 g/mol. The maximum absolute atomic E-state index is 12.6. The number of nitrogens with zero attached hydrogens (tertiary/aromatic N) is 3. The van der Waals surface area contributed by atoms with Gasteiger partial charge in [0.05, 0.1) is 11.9 Å². The molecular formula is C17H27N3O4S. The first-order valence-corrected chi connectivity index (χ1v) is 10.2. The van der Waals surface area contributed by atoms with Gasteiger partial charge < -0.3 is 14.5 Å². The molecule has 0 aromatic heterocycles. The van der Waals surface area contributed by atoms with Crippen LogP contribution in [0, 0.1) is 0 Å². The van der Waals surface area contributed by atoms with Crippen LogP contribution in [0.3, 0.4) is 0 Å². The number of piperazine rings is 1. The topological polar surface area (TPSA) is 70.2 Å². The van der Waals surface area contributed by atoms with E-state index in [4.69, 9.17) is 4.74 Å². The molecule has 7 nitrogen and oxygen atoms in total. The van der Waals surface area contributed by atoms with Crippen molar-refractivity contribution < 1.29 is 17.9 Å². The summed E-state index contributed by atoms with van der Waals surface area (Å²) in [6.45, 7) is 5.09. The van der Waals surface area contributed by atoms with Crippen LogP contribution in [0.15, 0.2) is 24.3 Å². The van der Waals surface area contributed by atoms with Crippen molar-refractivity contribution >= 4 is 21.6 Å². The highest BCUT2D eigenvalue weighted by atomic mass is 32.2. The van der Waals surface area contributed by atoms with Crippen LogP contribution in [0.1, 0.15) is 13.3 Å². The predicted molar refractivity (Wildman–Crippen MR) is 98.5 cm³/mol. The lowest BCUT2D eigenvalue weighted by Gasteiger charge is -2.34. The zero-order valence-electron chi connectivity index (χ0n) is 15.3. The van der Waals surface area contributed by atoms with Gasteiger partial charge in [-0.15, -0.1) is 0 Å². The lowest BCUT2D eigenvalue weighted by molar-refractivity contribution is -0.140. The summed E-state index contributed by atoms with van der Waals surface area (Å²) in [4.78, 5) is 16.7. The number of anilines is 1. The van der Waals surface area contributed by atoms with E-state index in [-0.39, 0.29) is 5.91 Å². The van der Waals surface area contributed by atoms with Crippen LogP contribution < -0.4 is 9.04 Å². The number of amides is 1. The number of sulfonamides is 1. The maximum atomic E-state index is 12.6. The first kappa shape index (κ1) is 19.5. The van der Waals surface area contributed by atoms with Gasteiger partial charge in [0, 0.05) is 33.2 Å². The molecule has 1 heterocycles. The Morgan fingerprint density at radius 1 is 1.20 bits per heavy atom. The quantitative estimate of drug-likeness (QED) is 0.749. The van der Waals surface area contributed by atoms with Gasteiger partial charge in [-0.1, -0.05) is 6.92 Å². The van der Waals surface area contributed by atoms with Gasteiger partial charge in [-0.25, -0.2) is 8.42 Å². The standard InChI is InChI=1S/C17H27N3O4S/c1-5-16(17(21)20-12-10-18(2)11-13-20)24-15-8-6-14(7-9-15)19(3)25(4,22)23/h6-9,16H,5,10-13H2,1-4H3/t16-/m1/s1. The first-order chi connectivity index (χ1) is 11.7. The Morgan fingerprint density at radius 2 is 1.76 bits per heavy atom. The number of carbonyl (C=O) groups is 1. The van der Waals surface area contributed by atoms with Crippen molar-refractivity contribution in [2.75, 3.05) is 50.8 Å². The van der Waals surface area contributed by atoms with Gasteiger partial charge in [0.1, 0.15) is 5.75 Å². The molecule has 25 heavy (non-hydrogen) atoms. The molecule has 1 aliphatic rings. The molecule has 1 aromatic rings. The van der Waals surface area contributed by atoms with Crippen LogP contribution >= 0.6 is 0 Å². The summed E-state index contributed by atoms with van der Waals surface area (Å²) < 4.78 is 30.2. The van der Waals surface area contributed by atoms with Gasteiger partial charge in [0.2, 0.25) is 10.0 Å². The zero-order chi connectivity index (χ0) is 18.6. The Hall–Kier alpha value is -1.80. The van der Waals surface area contributed by atoms with E-state index in [9.17, 15) is 13.2 Å². The largest absolute Gasteiger partial charge is 0.481 e. The van der Waals surface area contributed by atoms with E-state index in [0.29, 0.717) is 30.9 Å². The Bertz CT molecular complexity index is 682. The molecule has 0 unspecified atom stereocenters. The van der Waals surface area contributed by atoms with Gasteiger partial charge in [0.15, 0.2) is 6.10 Å². The zero-order valence-corrected chi connectivity index (χ0v) is 16.1. The fourth-order valence-electron chi connectivity index (χ4n) is 2.63. The number of likely N-dealkylation sites (N-methyl/N-ethyl adjacent to an activating group) is 1. The van der Waals surface area contributed by atoms with E-state index in [1.807, 2.05) is 18.9 Å². The average Bonchev–Trinajstić information content (AvgIpc) is 2.59. The first-order valence-electron chi connectivity index (χ1n) is 8.40. The minimum atomic E-state index is -3.30. The predicted octanol–water partition coefficient (Wildman–Crippen LogP) is 1.01. The van der Waals surface area contributed by atoms with Crippen molar-refractivity contribution in [1.82, 2.24) is 9.80 Å². The van der Waals surface area contributed by atoms with E-state index >= 15 is 0 Å². The number of benzene rings is 1. The minimum absolute atomic E-state index is 0.00734. The number of hydrogen-bond acceptors (Lipinski definition) is 5. The Labute approximate surface area is 150 Å². The van der Waals surface area contributed by atoms with Crippen molar-refractivity contribution in [3.05, 3.63) is 24.3 Å². The van der Waals surface area contributed by atoms with Gasteiger partial charge in [0.25, 0.3) is 5.91 Å². The van der Waals surface area contributed by atoms with Crippen LogP contribution in [0.5, 0.6) is 5.75 Å². The maximum Gasteiger partial charge on any atom is 0.263 e. The molecule has 0 N–H and O–H groups in total. The van der Waals surface area contributed by atoms with Gasteiger partial charge in [-0.3, -0.25) is 9.10 Å². The third kappa shape index (κ3) is 5.09. The minimum Gasteiger partial charge on any atom is -0.481 e. The van der Waals surface area contributed by atoms with E-state index < -0.39 is 16.1 Å². The van der Waals surface area contributed by atoms with E-state index in [1.165, 1.54) is 11.4 Å². The second-order valence-corrected chi connectivity index (χ2v) is 8.38. The number of hydrogen-bond donors (Lipinski definition) is 0. The monoisotopic (exact) mass is 369 g/mol. The molecule has 8 heteroatoms. The summed E-state index contributed by atoms with van der Waals surface area (Å²) in [5.74, 6) is 0.563. The SMILES string of the molecule is CC[C@@H](Oc1ccc(N(C)S(C)(=O)=O)cc1)C(=O)N1CCN(C)CC1. The summed E-state index contributed by atoms with van der Waals surface area (Å²) in [6, 6.07) is 6.72. The number of ether oxygens (including phenoxy) is 1. The van der Waals surface area contributed by atoms with Crippen LogP contribution in [-0.4, -0.2) is 76.8 Å². The lowest BCUT2D eigenvalue weighted by atomic mass is 10.2. The molecule has 1 aromatic carbocycles. The molecule has 1 saturated heterocycles. The smallest absolute Gasteiger partial charge is 0.263 e. The highest BCUT2D eigenvalue weighted by molar-refractivity contribution is 7.92. The Kier molecular flexibility index (Phi) is 6.29. The number of carbonyl (C=O) groups excluding carboxylic acids is 1. The normalized spacial score (nSPS) is 17.2. The molecule has 2 rings (SSSR count). The third-order valence-corrected chi connectivity index (χ3v) is 5.64. The summed E-state index contributed by atoms with van der Waals surface area (Å²) in [5.41, 5.74) is 0.549. The van der Waals surface area contributed by atoms with Crippen LogP contribution in [0.2, 0.25) is 0 Å². The second kappa shape index (κ2) is 8.05. The fourth-order valence-corrected chi connectivity index (χ4v) is 3.13. The van der Waals surface area contributed by atoms with Crippen molar-refractivity contribution in [3.8, 4) is 5.75 Å². The third-order valence-electron chi connectivity index (χ3n) is 4.44. The molecule has 1 amide bonds. The van der Waals surface area contributed by atoms with Crippen molar-refractivity contribution in [2.45, 2.75) is 19.4 Å². The van der Waals surface area contributed by atoms with E-state index in [0.717, 1.165) is 19.3 Å². The molecule has 0 saturated carbocycles. The summed E-state index contributed by atoms with van der Waals surface area (Å²) in [7, 11) is 0.242. The van der Waals surface area contributed by atoms with Crippen LogP contribution in [-0.2, 0) is 14.8 Å². The van der Waals surface area contributed by atoms with E-state index in [1.54, 1.807) is 24.3 Å².